The Labute approximate surface area is 81.6 Å². The Balaban J connectivity index is 2.38. The van der Waals surface area contributed by atoms with E-state index in [1.165, 1.54) is 0 Å². The lowest BCUT2D eigenvalue weighted by atomic mass is 9.92. The summed E-state index contributed by atoms with van der Waals surface area (Å²) in [5, 5.41) is 0. The average molecular weight is 184 g/mol. The van der Waals surface area contributed by atoms with E-state index in [9.17, 15) is 0 Å². The first-order valence-corrected chi connectivity index (χ1v) is 5.14. The van der Waals surface area contributed by atoms with Crippen molar-refractivity contribution >= 4 is 0 Å². The Hall–Kier alpha value is -0.0800. The van der Waals surface area contributed by atoms with Gasteiger partial charge in [0.15, 0.2) is 5.79 Å². The van der Waals surface area contributed by atoms with Gasteiger partial charge in [-0.05, 0) is 26.2 Å². The molecule has 2 nitrogen and oxygen atoms in total. The van der Waals surface area contributed by atoms with Crippen LogP contribution in [0.1, 0.15) is 33.6 Å². The molecule has 1 rings (SSSR count). The summed E-state index contributed by atoms with van der Waals surface area (Å²) in [7, 11) is 0. The van der Waals surface area contributed by atoms with Crippen molar-refractivity contribution in [3.8, 4) is 0 Å². The lowest BCUT2D eigenvalue weighted by Crippen LogP contribution is -2.43. The van der Waals surface area contributed by atoms with Gasteiger partial charge in [-0.25, -0.2) is 0 Å². The molecule has 1 fully saturated rings. The number of hydrogen-bond acceptors (Lipinski definition) is 2. The van der Waals surface area contributed by atoms with E-state index >= 15 is 0 Å². The first kappa shape index (κ1) is 11.0. The van der Waals surface area contributed by atoms with Gasteiger partial charge in [-0.1, -0.05) is 20.3 Å². The molecule has 2 radical (unpaired) electrons. The molecule has 1 aliphatic rings. The summed E-state index contributed by atoms with van der Waals surface area (Å²) >= 11 is 0. The van der Waals surface area contributed by atoms with Gasteiger partial charge in [0.05, 0.1) is 13.2 Å². The molecular formula is C11H20O2. The molecule has 0 aliphatic carbocycles. The van der Waals surface area contributed by atoms with E-state index < -0.39 is 0 Å². The standard InChI is InChI=1S/C11H20O2/c1-5-9(3)10-7-12-11(4,6-2)13-8-10/h3,9-10H,5-8H2,1-2,4H3. The maximum atomic E-state index is 5.92. The highest BCUT2D eigenvalue weighted by Gasteiger charge is 2.32. The fraction of sp³-hybridized carbons (Fsp3) is 0.909. The van der Waals surface area contributed by atoms with Crippen molar-refractivity contribution in [2.45, 2.75) is 39.4 Å². The van der Waals surface area contributed by atoms with Crippen LogP contribution >= 0.6 is 0 Å². The molecule has 0 aromatic carbocycles. The Morgan fingerprint density at radius 2 is 1.92 bits per heavy atom. The summed E-state index contributed by atoms with van der Waals surface area (Å²) in [5.74, 6) is 0.204. The molecule has 1 heterocycles. The molecule has 1 aliphatic heterocycles. The topological polar surface area (TPSA) is 18.5 Å². The molecule has 0 amide bonds. The van der Waals surface area contributed by atoms with Crippen molar-refractivity contribution < 1.29 is 9.47 Å². The van der Waals surface area contributed by atoms with Gasteiger partial charge in [0, 0.05) is 5.92 Å². The molecule has 0 bridgehead atoms. The summed E-state index contributed by atoms with van der Waals surface area (Å²) in [6.45, 7) is 13.5. The van der Waals surface area contributed by atoms with Crippen LogP contribution in [0.4, 0.5) is 0 Å². The third-order valence-corrected chi connectivity index (χ3v) is 2.92. The fourth-order valence-corrected chi connectivity index (χ4v) is 1.44. The highest BCUT2D eigenvalue weighted by atomic mass is 16.7. The fourth-order valence-electron chi connectivity index (χ4n) is 1.44. The van der Waals surface area contributed by atoms with Crippen molar-refractivity contribution in [1.29, 1.82) is 0 Å². The minimum absolute atomic E-state index is 0.210. The molecule has 0 spiro atoms. The van der Waals surface area contributed by atoms with Crippen LogP contribution < -0.4 is 0 Å². The van der Waals surface area contributed by atoms with E-state index in [-0.39, 0.29) is 11.7 Å². The molecule has 1 saturated heterocycles. The zero-order valence-corrected chi connectivity index (χ0v) is 8.88. The summed E-state index contributed by atoms with van der Waals surface area (Å²) in [6.07, 6.45) is 1.88. The predicted octanol–water partition coefficient (Wildman–Crippen LogP) is 2.51. The van der Waals surface area contributed by atoms with Crippen LogP contribution in [0.5, 0.6) is 0 Å². The van der Waals surface area contributed by atoms with E-state index in [0.29, 0.717) is 5.92 Å². The van der Waals surface area contributed by atoms with Crippen molar-refractivity contribution in [2.24, 2.45) is 11.8 Å². The van der Waals surface area contributed by atoms with E-state index in [2.05, 4.69) is 13.8 Å². The third kappa shape index (κ3) is 2.68. The normalized spacial score (nSPS) is 37.4. The molecule has 0 saturated carbocycles. The molecule has 1 unspecified atom stereocenters. The molecule has 2 heteroatoms. The van der Waals surface area contributed by atoms with Gasteiger partial charge in [0.2, 0.25) is 0 Å². The van der Waals surface area contributed by atoms with E-state index in [4.69, 9.17) is 16.4 Å². The van der Waals surface area contributed by atoms with E-state index in [1.807, 2.05) is 6.92 Å². The SMILES string of the molecule is [CH]C(CC)C1COC(C)(CC)OC1. The van der Waals surface area contributed by atoms with Crippen LogP contribution in [-0.2, 0) is 9.47 Å². The van der Waals surface area contributed by atoms with Gasteiger partial charge in [-0.15, -0.1) is 0 Å². The van der Waals surface area contributed by atoms with E-state index in [1.54, 1.807) is 0 Å². The van der Waals surface area contributed by atoms with Gasteiger partial charge in [-0.2, -0.15) is 0 Å². The summed E-state index contributed by atoms with van der Waals surface area (Å²) < 4.78 is 11.3. The Morgan fingerprint density at radius 1 is 1.38 bits per heavy atom. The second-order valence-electron chi connectivity index (χ2n) is 3.94. The Morgan fingerprint density at radius 3 is 2.31 bits per heavy atom. The monoisotopic (exact) mass is 184 g/mol. The van der Waals surface area contributed by atoms with Crippen LogP contribution in [0, 0.1) is 18.8 Å². The van der Waals surface area contributed by atoms with Gasteiger partial charge < -0.3 is 9.47 Å². The maximum absolute atomic E-state index is 5.92. The highest BCUT2D eigenvalue weighted by Crippen LogP contribution is 2.28. The van der Waals surface area contributed by atoms with Gasteiger partial charge in [0.25, 0.3) is 0 Å². The maximum Gasteiger partial charge on any atom is 0.165 e. The smallest absolute Gasteiger partial charge is 0.165 e. The molecule has 0 N–H and O–H groups in total. The average Bonchev–Trinajstić information content (AvgIpc) is 2.18. The molecular weight excluding hydrogens is 164 g/mol. The first-order valence-electron chi connectivity index (χ1n) is 5.14. The minimum Gasteiger partial charge on any atom is -0.350 e. The molecule has 76 valence electrons. The van der Waals surface area contributed by atoms with Crippen LogP contribution in [0.2, 0.25) is 0 Å². The third-order valence-electron chi connectivity index (χ3n) is 2.92. The van der Waals surface area contributed by atoms with Crippen LogP contribution in [0.25, 0.3) is 0 Å². The number of ether oxygens (including phenoxy) is 2. The minimum atomic E-state index is -0.371. The molecule has 0 aromatic heterocycles. The second kappa shape index (κ2) is 4.43. The van der Waals surface area contributed by atoms with E-state index in [0.717, 1.165) is 26.1 Å². The number of hydrogen-bond donors (Lipinski definition) is 0. The van der Waals surface area contributed by atoms with Crippen LogP contribution in [0.15, 0.2) is 0 Å². The summed E-state index contributed by atoms with van der Waals surface area (Å²) in [6, 6.07) is 0. The molecule has 0 aromatic rings. The summed E-state index contributed by atoms with van der Waals surface area (Å²) in [5.41, 5.74) is 0. The van der Waals surface area contributed by atoms with Crippen molar-refractivity contribution in [2.75, 3.05) is 13.2 Å². The number of rotatable bonds is 3. The van der Waals surface area contributed by atoms with Crippen molar-refractivity contribution in [3.05, 3.63) is 6.92 Å². The van der Waals surface area contributed by atoms with Gasteiger partial charge in [-0.3, -0.25) is 0 Å². The zero-order chi connectivity index (χ0) is 9.90. The second-order valence-corrected chi connectivity index (χ2v) is 3.94. The quantitative estimate of drug-likeness (QED) is 0.671. The Kier molecular flexibility index (Phi) is 3.74. The highest BCUT2D eigenvalue weighted by molar-refractivity contribution is 4.76. The Bertz CT molecular complexity index is 148. The molecule has 13 heavy (non-hydrogen) atoms. The zero-order valence-electron chi connectivity index (χ0n) is 8.88. The summed E-state index contributed by atoms with van der Waals surface area (Å²) in [4.78, 5) is 0. The van der Waals surface area contributed by atoms with Crippen molar-refractivity contribution in [3.63, 3.8) is 0 Å². The lowest BCUT2D eigenvalue weighted by Gasteiger charge is -2.38. The largest absolute Gasteiger partial charge is 0.350 e. The van der Waals surface area contributed by atoms with Gasteiger partial charge >= 0.3 is 0 Å². The van der Waals surface area contributed by atoms with Gasteiger partial charge in [0.1, 0.15) is 0 Å². The predicted molar refractivity (Wildman–Crippen MR) is 52.2 cm³/mol. The van der Waals surface area contributed by atoms with Crippen LogP contribution in [-0.4, -0.2) is 19.0 Å². The van der Waals surface area contributed by atoms with Crippen molar-refractivity contribution in [1.82, 2.24) is 0 Å². The first-order chi connectivity index (χ1) is 6.11. The lowest BCUT2D eigenvalue weighted by molar-refractivity contribution is -0.277. The molecule has 1 atom stereocenters. The van der Waals surface area contributed by atoms with Crippen LogP contribution in [0.3, 0.4) is 0 Å².